The minimum absolute atomic E-state index is 0.147. The Morgan fingerprint density at radius 2 is 1.63 bits per heavy atom. The van der Waals surface area contributed by atoms with Gasteiger partial charge in [0.15, 0.2) is 0 Å². The molecule has 0 aliphatic carbocycles. The highest BCUT2D eigenvalue weighted by Crippen LogP contribution is 2.26. The Bertz CT molecular complexity index is 601. The summed E-state index contributed by atoms with van der Waals surface area (Å²) < 4.78 is 12.9. The van der Waals surface area contributed by atoms with E-state index in [4.69, 9.17) is 0 Å². The van der Waals surface area contributed by atoms with E-state index >= 15 is 0 Å². The summed E-state index contributed by atoms with van der Waals surface area (Å²) in [4.78, 5) is 11.3. The van der Waals surface area contributed by atoms with Crippen LogP contribution in [0.3, 0.4) is 0 Å². The Balaban J connectivity index is 2.52. The van der Waals surface area contributed by atoms with Crippen LogP contribution in [0.25, 0.3) is 11.1 Å². The normalized spacial score (nSPS) is 10.7. The van der Waals surface area contributed by atoms with Crippen molar-refractivity contribution >= 4 is 5.97 Å². The van der Waals surface area contributed by atoms with Gasteiger partial charge in [-0.25, -0.2) is 9.18 Å². The Morgan fingerprint density at radius 1 is 1.05 bits per heavy atom. The van der Waals surface area contributed by atoms with Crippen LogP contribution in [0.1, 0.15) is 35.7 Å². The second-order valence-electron chi connectivity index (χ2n) is 4.77. The van der Waals surface area contributed by atoms with Gasteiger partial charge in [-0.05, 0) is 40.8 Å². The quantitative estimate of drug-likeness (QED) is 0.890. The van der Waals surface area contributed by atoms with Crippen molar-refractivity contribution in [2.45, 2.75) is 19.8 Å². The van der Waals surface area contributed by atoms with E-state index in [2.05, 4.69) is 0 Å². The number of aromatic carboxylic acids is 1. The fourth-order valence-electron chi connectivity index (χ4n) is 2.07. The van der Waals surface area contributed by atoms with E-state index < -0.39 is 5.97 Å². The largest absolute Gasteiger partial charge is 0.478 e. The highest BCUT2D eigenvalue weighted by Gasteiger charge is 2.14. The van der Waals surface area contributed by atoms with Crippen molar-refractivity contribution in [3.8, 4) is 11.1 Å². The number of carboxylic acids is 1. The molecule has 0 aliphatic rings. The smallest absolute Gasteiger partial charge is 0.335 e. The monoisotopic (exact) mass is 258 g/mol. The Hall–Kier alpha value is -2.16. The van der Waals surface area contributed by atoms with Crippen molar-refractivity contribution in [1.29, 1.82) is 0 Å². The Kier molecular flexibility index (Phi) is 3.65. The highest BCUT2D eigenvalue weighted by atomic mass is 19.1. The summed E-state index contributed by atoms with van der Waals surface area (Å²) in [5.41, 5.74) is 2.69. The van der Waals surface area contributed by atoms with Crippen LogP contribution in [0.2, 0.25) is 0 Å². The standard InChI is InChI=1S/C16H15FO2/c1-10(2)14-8-5-12(9-15(14)16(18)19)11-3-6-13(17)7-4-11/h3-10H,1-2H3,(H,18,19). The molecule has 3 heteroatoms. The third-order valence-corrected chi connectivity index (χ3v) is 3.08. The SMILES string of the molecule is CC(C)c1ccc(-c2ccc(F)cc2)cc1C(=O)O. The minimum Gasteiger partial charge on any atom is -0.478 e. The van der Waals surface area contributed by atoms with Gasteiger partial charge in [-0.3, -0.25) is 0 Å². The van der Waals surface area contributed by atoms with Crippen molar-refractivity contribution < 1.29 is 14.3 Å². The summed E-state index contributed by atoms with van der Waals surface area (Å²) in [5.74, 6) is -1.10. The van der Waals surface area contributed by atoms with E-state index in [1.807, 2.05) is 26.0 Å². The number of carbonyl (C=O) groups is 1. The molecule has 2 nitrogen and oxygen atoms in total. The molecule has 0 bridgehead atoms. The van der Waals surface area contributed by atoms with E-state index in [0.717, 1.165) is 16.7 Å². The molecule has 0 fully saturated rings. The molecule has 0 saturated heterocycles. The minimum atomic E-state index is -0.937. The first-order valence-corrected chi connectivity index (χ1v) is 6.12. The zero-order valence-electron chi connectivity index (χ0n) is 10.9. The molecular weight excluding hydrogens is 243 g/mol. The molecule has 98 valence electrons. The average molecular weight is 258 g/mol. The number of hydrogen-bond donors (Lipinski definition) is 1. The second kappa shape index (κ2) is 5.22. The predicted octanol–water partition coefficient (Wildman–Crippen LogP) is 4.31. The number of halogens is 1. The maximum atomic E-state index is 12.9. The van der Waals surface area contributed by atoms with Crippen LogP contribution >= 0.6 is 0 Å². The van der Waals surface area contributed by atoms with E-state index in [0.29, 0.717) is 5.56 Å². The molecule has 0 heterocycles. The first-order chi connectivity index (χ1) is 8.99. The van der Waals surface area contributed by atoms with Gasteiger partial charge in [0.2, 0.25) is 0 Å². The molecule has 0 radical (unpaired) electrons. The van der Waals surface area contributed by atoms with Gasteiger partial charge in [-0.15, -0.1) is 0 Å². The van der Waals surface area contributed by atoms with Crippen LogP contribution < -0.4 is 0 Å². The third-order valence-electron chi connectivity index (χ3n) is 3.08. The Labute approximate surface area is 111 Å². The lowest BCUT2D eigenvalue weighted by Gasteiger charge is -2.11. The van der Waals surface area contributed by atoms with Gasteiger partial charge in [0.05, 0.1) is 5.56 Å². The predicted molar refractivity (Wildman–Crippen MR) is 72.9 cm³/mol. The van der Waals surface area contributed by atoms with Gasteiger partial charge < -0.3 is 5.11 Å². The van der Waals surface area contributed by atoms with E-state index in [-0.39, 0.29) is 11.7 Å². The number of hydrogen-bond acceptors (Lipinski definition) is 1. The average Bonchev–Trinajstić information content (AvgIpc) is 2.38. The summed E-state index contributed by atoms with van der Waals surface area (Å²) in [6, 6.07) is 11.4. The Morgan fingerprint density at radius 3 is 2.16 bits per heavy atom. The zero-order chi connectivity index (χ0) is 14.0. The summed E-state index contributed by atoms with van der Waals surface area (Å²) in [6.45, 7) is 3.92. The maximum Gasteiger partial charge on any atom is 0.335 e. The molecule has 0 unspecified atom stereocenters. The van der Waals surface area contributed by atoms with Crippen molar-refractivity contribution in [1.82, 2.24) is 0 Å². The molecule has 2 rings (SSSR count). The van der Waals surface area contributed by atoms with Gasteiger partial charge in [-0.1, -0.05) is 38.1 Å². The molecule has 0 amide bonds. The topological polar surface area (TPSA) is 37.3 Å². The fourth-order valence-corrected chi connectivity index (χ4v) is 2.07. The van der Waals surface area contributed by atoms with Crippen LogP contribution in [-0.4, -0.2) is 11.1 Å². The molecule has 2 aromatic rings. The van der Waals surface area contributed by atoms with Crippen LogP contribution in [0.4, 0.5) is 4.39 Å². The van der Waals surface area contributed by atoms with Crippen LogP contribution in [0.15, 0.2) is 42.5 Å². The molecule has 0 aliphatic heterocycles. The van der Waals surface area contributed by atoms with Crippen molar-refractivity contribution in [2.75, 3.05) is 0 Å². The summed E-state index contributed by atoms with van der Waals surface area (Å²) >= 11 is 0. The first kappa shape index (κ1) is 13.3. The van der Waals surface area contributed by atoms with Crippen LogP contribution in [0.5, 0.6) is 0 Å². The highest BCUT2D eigenvalue weighted by molar-refractivity contribution is 5.91. The van der Waals surface area contributed by atoms with Crippen LogP contribution in [-0.2, 0) is 0 Å². The second-order valence-corrected chi connectivity index (χ2v) is 4.77. The van der Waals surface area contributed by atoms with Crippen molar-refractivity contribution in [3.05, 3.63) is 59.4 Å². The van der Waals surface area contributed by atoms with Gasteiger partial charge in [-0.2, -0.15) is 0 Å². The molecule has 0 aromatic heterocycles. The lowest BCUT2D eigenvalue weighted by Crippen LogP contribution is -2.04. The van der Waals surface area contributed by atoms with E-state index in [1.54, 1.807) is 18.2 Å². The van der Waals surface area contributed by atoms with E-state index in [9.17, 15) is 14.3 Å². The molecule has 19 heavy (non-hydrogen) atoms. The summed E-state index contributed by atoms with van der Waals surface area (Å²) in [5, 5.41) is 9.27. The number of rotatable bonds is 3. The third kappa shape index (κ3) is 2.81. The number of benzene rings is 2. The van der Waals surface area contributed by atoms with Gasteiger partial charge in [0.1, 0.15) is 5.82 Å². The fraction of sp³-hybridized carbons (Fsp3) is 0.188. The van der Waals surface area contributed by atoms with Crippen molar-refractivity contribution in [3.63, 3.8) is 0 Å². The molecule has 0 atom stereocenters. The van der Waals surface area contributed by atoms with Gasteiger partial charge in [0.25, 0.3) is 0 Å². The van der Waals surface area contributed by atoms with Crippen LogP contribution in [0, 0.1) is 5.82 Å². The summed E-state index contributed by atoms with van der Waals surface area (Å²) in [6.07, 6.45) is 0. The molecule has 2 aromatic carbocycles. The zero-order valence-corrected chi connectivity index (χ0v) is 10.9. The van der Waals surface area contributed by atoms with E-state index in [1.165, 1.54) is 12.1 Å². The lowest BCUT2D eigenvalue weighted by molar-refractivity contribution is 0.0695. The number of carboxylic acid groups (broad SMARTS) is 1. The maximum absolute atomic E-state index is 12.9. The lowest BCUT2D eigenvalue weighted by atomic mass is 9.93. The molecule has 1 N–H and O–H groups in total. The summed E-state index contributed by atoms with van der Waals surface area (Å²) in [7, 11) is 0. The van der Waals surface area contributed by atoms with Gasteiger partial charge >= 0.3 is 5.97 Å². The molecular formula is C16H15FO2. The van der Waals surface area contributed by atoms with Gasteiger partial charge in [0, 0.05) is 0 Å². The van der Waals surface area contributed by atoms with Crippen molar-refractivity contribution in [2.24, 2.45) is 0 Å². The molecule has 0 saturated carbocycles. The molecule has 0 spiro atoms. The first-order valence-electron chi connectivity index (χ1n) is 6.12.